The molecule has 0 unspecified atom stereocenters. The number of rotatable bonds is 7. The van der Waals surface area contributed by atoms with Gasteiger partial charge in [-0.1, -0.05) is 35.2 Å². The van der Waals surface area contributed by atoms with Crippen LogP contribution >= 0.6 is 34.4 Å². The van der Waals surface area contributed by atoms with Crippen molar-refractivity contribution in [2.75, 3.05) is 17.7 Å². The molecule has 0 bridgehead atoms. The van der Waals surface area contributed by atoms with Crippen LogP contribution in [0, 0.1) is 13.8 Å². The molecule has 0 atom stereocenters. The molecule has 4 aromatic rings. The number of thiophene rings is 1. The van der Waals surface area contributed by atoms with Gasteiger partial charge in [0.05, 0.1) is 23.4 Å². The van der Waals surface area contributed by atoms with Crippen LogP contribution in [0.25, 0.3) is 10.2 Å². The summed E-state index contributed by atoms with van der Waals surface area (Å²) in [6.45, 7) is 6.70. The molecule has 0 saturated heterocycles. The number of aryl methyl sites for hydroxylation is 2. The van der Waals surface area contributed by atoms with Crippen molar-refractivity contribution in [3.05, 3.63) is 40.5 Å². The van der Waals surface area contributed by atoms with Crippen molar-refractivity contribution in [3.8, 4) is 5.75 Å². The van der Waals surface area contributed by atoms with Crippen molar-refractivity contribution >= 4 is 61.3 Å². The molecule has 0 amide bonds. The predicted octanol–water partition coefficient (Wildman–Crippen LogP) is 5.18. The zero-order chi connectivity index (χ0) is 20.4. The Morgan fingerprint density at radius 3 is 2.79 bits per heavy atom. The van der Waals surface area contributed by atoms with E-state index in [0.29, 0.717) is 29.1 Å². The number of hydrogen-bond acceptors (Lipinski definition) is 10. The molecular formula is C19H20N6OS3. The quantitative estimate of drug-likeness (QED) is 0.376. The molecule has 3 aromatic heterocycles. The maximum atomic E-state index is 6.17. The lowest BCUT2D eigenvalue weighted by Gasteiger charge is -2.09. The molecule has 0 saturated carbocycles. The minimum Gasteiger partial charge on any atom is -0.492 e. The third-order valence-electron chi connectivity index (χ3n) is 4.26. The number of nitrogens with zero attached hydrogens (tertiary/aromatic N) is 4. The standard InChI is InChI=1S/C19H20N6OS3/c1-4-26-13-8-6-5-7-12(13)21-18-24-25-19(29-18)27-9-14-22-16(20)15-10(2)11(3)28-17(15)23-14/h5-8H,4,9H2,1-3H3,(H,21,24)(H2,20,22,23). The van der Waals surface area contributed by atoms with E-state index in [1.807, 2.05) is 31.2 Å². The number of benzene rings is 1. The van der Waals surface area contributed by atoms with Crippen LogP contribution in [0.2, 0.25) is 0 Å². The van der Waals surface area contributed by atoms with Crippen LogP contribution < -0.4 is 15.8 Å². The van der Waals surface area contributed by atoms with Crippen LogP contribution in [0.3, 0.4) is 0 Å². The summed E-state index contributed by atoms with van der Waals surface area (Å²) in [5.74, 6) is 2.62. The number of anilines is 3. The van der Waals surface area contributed by atoms with Crippen molar-refractivity contribution in [1.29, 1.82) is 0 Å². The Bertz CT molecular complexity index is 1160. The summed E-state index contributed by atoms with van der Waals surface area (Å²) in [7, 11) is 0. The Balaban J connectivity index is 1.46. The molecule has 3 heterocycles. The zero-order valence-electron chi connectivity index (χ0n) is 16.2. The maximum absolute atomic E-state index is 6.17. The molecule has 10 heteroatoms. The summed E-state index contributed by atoms with van der Waals surface area (Å²) >= 11 is 4.68. The first kappa shape index (κ1) is 19.9. The number of hydrogen-bond donors (Lipinski definition) is 2. The molecule has 1 aromatic carbocycles. The minimum absolute atomic E-state index is 0.541. The highest BCUT2D eigenvalue weighted by atomic mass is 32.2. The van der Waals surface area contributed by atoms with Crippen molar-refractivity contribution in [2.24, 2.45) is 0 Å². The molecule has 0 aliphatic rings. The Kier molecular flexibility index (Phi) is 5.84. The fraction of sp³-hybridized carbons (Fsp3) is 0.263. The van der Waals surface area contributed by atoms with E-state index < -0.39 is 0 Å². The third kappa shape index (κ3) is 4.29. The van der Waals surface area contributed by atoms with Gasteiger partial charge in [0.25, 0.3) is 0 Å². The highest BCUT2D eigenvalue weighted by Gasteiger charge is 2.14. The van der Waals surface area contributed by atoms with E-state index >= 15 is 0 Å². The van der Waals surface area contributed by atoms with Gasteiger partial charge in [-0.3, -0.25) is 0 Å². The Labute approximate surface area is 180 Å². The van der Waals surface area contributed by atoms with Gasteiger partial charge in [-0.25, -0.2) is 9.97 Å². The zero-order valence-corrected chi connectivity index (χ0v) is 18.7. The molecule has 7 nitrogen and oxygen atoms in total. The topological polar surface area (TPSA) is 98.8 Å². The number of para-hydroxylation sites is 2. The molecule has 0 aliphatic heterocycles. The lowest BCUT2D eigenvalue weighted by molar-refractivity contribution is 0.342. The summed E-state index contributed by atoms with van der Waals surface area (Å²) in [4.78, 5) is 11.3. The maximum Gasteiger partial charge on any atom is 0.210 e. The molecule has 150 valence electrons. The molecule has 0 fully saturated rings. The Hall–Kier alpha value is -2.43. The van der Waals surface area contributed by atoms with Gasteiger partial charge >= 0.3 is 0 Å². The van der Waals surface area contributed by atoms with Gasteiger partial charge in [-0.2, -0.15) is 0 Å². The predicted molar refractivity (Wildman–Crippen MR) is 122 cm³/mol. The van der Waals surface area contributed by atoms with Gasteiger partial charge in [0, 0.05) is 4.88 Å². The third-order valence-corrected chi connectivity index (χ3v) is 7.33. The summed E-state index contributed by atoms with van der Waals surface area (Å²) in [6.07, 6.45) is 0. The summed E-state index contributed by atoms with van der Waals surface area (Å²) < 4.78 is 6.47. The number of fused-ring (bicyclic) bond motifs is 1. The minimum atomic E-state index is 0.541. The number of nitrogen functional groups attached to an aromatic ring is 1. The number of aromatic nitrogens is 4. The lowest BCUT2D eigenvalue weighted by Crippen LogP contribution is -1.99. The highest BCUT2D eigenvalue weighted by molar-refractivity contribution is 8.00. The number of ether oxygens (including phenoxy) is 1. The summed E-state index contributed by atoms with van der Waals surface area (Å²) in [5.41, 5.74) is 8.20. The Morgan fingerprint density at radius 1 is 1.14 bits per heavy atom. The van der Waals surface area contributed by atoms with Gasteiger partial charge < -0.3 is 15.8 Å². The molecule has 0 spiro atoms. The average Bonchev–Trinajstić information content (AvgIpc) is 3.26. The van der Waals surface area contributed by atoms with E-state index in [-0.39, 0.29) is 0 Å². The van der Waals surface area contributed by atoms with Crippen molar-refractivity contribution in [2.45, 2.75) is 30.9 Å². The molecule has 0 aliphatic carbocycles. The van der Waals surface area contributed by atoms with Crippen LogP contribution in [0.4, 0.5) is 16.6 Å². The van der Waals surface area contributed by atoms with Crippen LogP contribution in [0.5, 0.6) is 5.75 Å². The molecule has 3 N–H and O–H groups in total. The van der Waals surface area contributed by atoms with Crippen molar-refractivity contribution < 1.29 is 4.74 Å². The van der Waals surface area contributed by atoms with E-state index in [2.05, 4.69) is 39.3 Å². The van der Waals surface area contributed by atoms with E-state index in [9.17, 15) is 0 Å². The normalized spacial score (nSPS) is 11.1. The van der Waals surface area contributed by atoms with E-state index in [1.54, 1.807) is 23.1 Å². The van der Waals surface area contributed by atoms with Crippen LogP contribution in [-0.4, -0.2) is 26.8 Å². The fourth-order valence-electron chi connectivity index (χ4n) is 2.80. The van der Waals surface area contributed by atoms with Gasteiger partial charge in [-0.05, 0) is 38.5 Å². The van der Waals surface area contributed by atoms with E-state index in [1.165, 1.54) is 16.2 Å². The largest absolute Gasteiger partial charge is 0.492 e. The average molecular weight is 445 g/mol. The molecular weight excluding hydrogens is 424 g/mol. The smallest absolute Gasteiger partial charge is 0.210 e. The molecule has 29 heavy (non-hydrogen) atoms. The number of nitrogens with one attached hydrogen (secondary N) is 1. The highest BCUT2D eigenvalue weighted by Crippen LogP contribution is 2.35. The second kappa shape index (κ2) is 8.52. The summed E-state index contributed by atoms with van der Waals surface area (Å²) in [6, 6.07) is 7.77. The first-order chi connectivity index (χ1) is 14.0. The van der Waals surface area contributed by atoms with Gasteiger partial charge in [0.1, 0.15) is 22.2 Å². The van der Waals surface area contributed by atoms with Crippen molar-refractivity contribution in [1.82, 2.24) is 20.2 Å². The van der Waals surface area contributed by atoms with Gasteiger partial charge in [-0.15, -0.1) is 21.5 Å². The van der Waals surface area contributed by atoms with Crippen molar-refractivity contribution in [3.63, 3.8) is 0 Å². The monoisotopic (exact) mass is 444 g/mol. The van der Waals surface area contributed by atoms with Crippen LogP contribution in [0.1, 0.15) is 23.2 Å². The first-order valence-electron chi connectivity index (χ1n) is 9.02. The molecule has 0 radical (unpaired) electrons. The summed E-state index contributed by atoms with van der Waals surface area (Å²) in [5, 5.41) is 13.4. The van der Waals surface area contributed by atoms with E-state index in [4.69, 9.17) is 10.5 Å². The van der Waals surface area contributed by atoms with Gasteiger partial charge in [0.2, 0.25) is 5.13 Å². The van der Waals surface area contributed by atoms with Crippen LogP contribution in [0.15, 0.2) is 28.6 Å². The fourth-order valence-corrected chi connectivity index (χ4v) is 5.48. The lowest BCUT2D eigenvalue weighted by atomic mass is 10.2. The SMILES string of the molecule is CCOc1ccccc1Nc1nnc(SCc2nc(N)c3c(C)c(C)sc3n2)s1. The van der Waals surface area contributed by atoms with Gasteiger partial charge in [0.15, 0.2) is 4.34 Å². The number of thioether (sulfide) groups is 1. The van der Waals surface area contributed by atoms with Crippen LogP contribution in [-0.2, 0) is 5.75 Å². The first-order valence-corrected chi connectivity index (χ1v) is 11.6. The second-order valence-corrected chi connectivity index (χ2v) is 9.61. The Morgan fingerprint density at radius 2 is 1.97 bits per heavy atom. The molecule has 4 rings (SSSR count). The number of nitrogens with two attached hydrogens (primary N) is 1. The van der Waals surface area contributed by atoms with E-state index in [0.717, 1.165) is 31.6 Å². The second-order valence-electron chi connectivity index (χ2n) is 6.20.